The van der Waals surface area contributed by atoms with Gasteiger partial charge in [-0.25, -0.2) is 0 Å². The van der Waals surface area contributed by atoms with Gasteiger partial charge in [0, 0.05) is 6.61 Å². The zero-order chi connectivity index (χ0) is 14.4. The van der Waals surface area contributed by atoms with Crippen LogP contribution in [0.1, 0.15) is 33.6 Å². The quantitative estimate of drug-likeness (QED) is 0.483. The molecule has 106 valence electrons. The second-order valence-corrected chi connectivity index (χ2v) is 11.4. The number of hydrogen-bond donors (Lipinski definition) is 0. The number of hydrogen-bond acceptors (Lipinski definition) is 1. The Morgan fingerprint density at radius 2 is 1.63 bits per heavy atom. The van der Waals surface area contributed by atoms with E-state index in [-0.39, 0.29) is 0 Å². The molecule has 0 saturated heterocycles. The van der Waals surface area contributed by atoms with E-state index in [0.29, 0.717) is 5.04 Å². The molecule has 0 spiro atoms. The summed E-state index contributed by atoms with van der Waals surface area (Å²) in [6.45, 7) is 12.4. The van der Waals surface area contributed by atoms with E-state index in [0.717, 1.165) is 19.4 Å². The Balaban J connectivity index is 2.35. The standard InChI is InChI=1S/C17H28OSi/c1-17(2,3)19(4,5)18-15-11-14-16-12-9-7-6-8-10-13-16/h6-10,12-13H,11,14-15H2,1-5H3. The minimum absolute atomic E-state index is 0.305. The third kappa shape index (κ3) is 5.75. The molecular weight excluding hydrogens is 248 g/mol. The maximum absolute atomic E-state index is 6.20. The van der Waals surface area contributed by atoms with Crippen molar-refractivity contribution in [2.24, 2.45) is 0 Å². The maximum Gasteiger partial charge on any atom is 0.191 e. The Morgan fingerprint density at radius 3 is 2.32 bits per heavy atom. The van der Waals surface area contributed by atoms with Gasteiger partial charge in [0.05, 0.1) is 0 Å². The van der Waals surface area contributed by atoms with Crippen molar-refractivity contribution in [3.05, 3.63) is 48.1 Å². The molecule has 0 aromatic carbocycles. The van der Waals surface area contributed by atoms with Crippen LogP contribution in [0.3, 0.4) is 0 Å². The summed E-state index contributed by atoms with van der Waals surface area (Å²) in [6, 6.07) is 0. The first kappa shape index (κ1) is 16.2. The highest BCUT2D eigenvalue weighted by Gasteiger charge is 2.36. The van der Waals surface area contributed by atoms with Crippen molar-refractivity contribution < 1.29 is 4.43 Å². The lowest BCUT2D eigenvalue weighted by Gasteiger charge is -2.36. The van der Waals surface area contributed by atoms with Gasteiger partial charge in [0.15, 0.2) is 8.32 Å². The predicted octanol–water partition coefficient (Wildman–Crippen LogP) is 5.40. The number of rotatable bonds is 5. The molecule has 0 aromatic heterocycles. The fourth-order valence-corrected chi connectivity index (χ4v) is 2.68. The van der Waals surface area contributed by atoms with Crippen LogP contribution in [-0.4, -0.2) is 14.9 Å². The fourth-order valence-electron chi connectivity index (χ4n) is 1.59. The molecule has 0 aliphatic heterocycles. The molecule has 1 aliphatic rings. The predicted molar refractivity (Wildman–Crippen MR) is 87.9 cm³/mol. The normalized spacial score (nSPS) is 16.2. The smallest absolute Gasteiger partial charge is 0.191 e. The van der Waals surface area contributed by atoms with Crippen LogP contribution in [0.15, 0.2) is 48.1 Å². The van der Waals surface area contributed by atoms with E-state index < -0.39 is 8.32 Å². The van der Waals surface area contributed by atoms with Crippen LogP contribution >= 0.6 is 0 Å². The SMILES string of the molecule is CC(C)(C)[Si](C)(C)OCCCC1=CC=CC=CC=C1. The van der Waals surface area contributed by atoms with Gasteiger partial charge < -0.3 is 4.43 Å². The first-order valence-corrected chi connectivity index (χ1v) is 10.1. The molecule has 0 aromatic rings. The van der Waals surface area contributed by atoms with E-state index in [1.54, 1.807) is 0 Å². The highest BCUT2D eigenvalue weighted by Crippen LogP contribution is 2.36. The van der Waals surface area contributed by atoms with Gasteiger partial charge in [-0.15, -0.1) is 0 Å². The second kappa shape index (κ2) is 7.06. The van der Waals surface area contributed by atoms with E-state index in [9.17, 15) is 0 Å². The average molecular weight is 276 g/mol. The Labute approximate surface area is 119 Å². The molecular formula is C17H28OSi. The van der Waals surface area contributed by atoms with Crippen LogP contribution in [0.25, 0.3) is 0 Å². The molecule has 2 heteroatoms. The van der Waals surface area contributed by atoms with Gasteiger partial charge in [0.25, 0.3) is 0 Å². The monoisotopic (exact) mass is 276 g/mol. The Morgan fingerprint density at radius 1 is 1.00 bits per heavy atom. The lowest BCUT2D eigenvalue weighted by atomic mass is 10.1. The summed E-state index contributed by atoms with van der Waals surface area (Å²) in [6.07, 6.45) is 16.9. The third-order valence-corrected chi connectivity index (χ3v) is 8.48. The van der Waals surface area contributed by atoms with Gasteiger partial charge in [-0.2, -0.15) is 0 Å². The first-order valence-electron chi connectivity index (χ1n) is 7.17. The molecule has 0 amide bonds. The average Bonchev–Trinajstić information content (AvgIpc) is 2.24. The Hall–Kier alpha value is -0.863. The Bertz CT molecular complexity index is 392. The van der Waals surface area contributed by atoms with Gasteiger partial charge >= 0.3 is 0 Å². The zero-order valence-corrected chi connectivity index (χ0v) is 14.1. The lowest BCUT2D eigenvalue weighted by Crippen LogP contribution is -2.40. The van der Waals surface area contributed by atoms with Crippen LogP contribution in [-0.2, 0) is 4.43 Å². The van der Waals surface area contributed by atoms with Crippen molar-refractivity contribution in [2.45, 2.75) is 51.7 Å². The zero-order valence-electron chi connectivity index (χ0n) is 13.1. The van der Waals surface area contributed by atoms with Gasteiger partial charge in [-0.3, -0.25) is 0 Å². The van der Waals surface area contributed by atoms with Crippen LogP contribution < -0.4 is 0 Å². The van der Waals surface area contributed by atoms with Crippen LogP contribution in [0.5, 0.6) is 0 Å². The topological polar surface area (TPSA) is 9.23 Å². The molecule has 19 heavy (non-hydrogen) atoms. The molecule has 0 atom stereocenters. The minimum atomic E-state index is -1.57. The van der Waals surface area contributed by atoms with Crippen LogP contribution in [0.2, 0.25) is 18.1 Å². The van der Waals surface area contributed by atoms with E-state index in [4.69, 9.17) is 4.43 Å². The van der Waals surface area contributed by atoms with Crippen molar-refractivity contribution in [1.29, 1.82) is 0 Å². The van der Waals surface area contributed by atoms with E-state index in [1.807, 2.05) is 6.08 Å². The summed E-state index contributed by atoms with van der Waals surface area (Å²) >= 11 is 0. The van der Waals surface area contributed by atoms with Crippen LogP contribution in [0.4, 0.5) is 0 Å². The largest absolute Gasteiger partial charge is 0.417 e. The lowest BCUT2D eigenvalue weighted by molar-refractivity contribution is 0.283. The summed E-state index contributed by atoms with van der Waals surface area (Å²) in [4.78, 5) is 0. The molecule has 0 bridgehead atoms. The Kier molecular flexibility index (Phi) is 6.02. The molecule has 0 heterocycles. The number of allylic oxidation sites excluding steroid dienone is 8. The fraction of sp³-hybridized carbons (Fsp3) is 0.529. The first-order chi connectivity index (χ1) is 8.83. The van der Waals surface area contributed by atoms with E-state index in [2.05, 4.69) is 70.3 Å². The van der Waals surface area contributed by atoms with Crippen molar-refractivity contribution in [3.63, 3.8) is 0 Å². The van der Waals surface area contributed by atoms with Gasteiger partial charge in [0.1, 0.15) is 0 Å². The maximum atomic E-state index is 6.20. The summed E-state index contributed by atoms with van der Waals surface area (Å²) in [7, 11) is -1.57. The second-order valence-electron chi connectivity index (χ2n) is 6.58. The highest BCUT2D eigenvalue weighted by molar-refractivity contribution is 6.74. The minimum Gasteiger partial charge on any atom is -0.417 e. The van der Waals surface area contributed by atoms with Crippen molar-refractivity contribution >= 4 is 8.32 Å². The van der Waals surface area contributed by atoms with Gasteiger partial charge in [0.2, 0.25) is 0 Å². The van der Waals surface area contributed by atoms with Crippen molar-refractivity contribution in [3.8, 4) is 0 Å². The highest BCUT2D eigenvalue weighted by atomic mass is 28.4. The summed E-state index contributed by atoms with van der Waals surface area (Å²) < 4.78 is 6.20. The van der Waals surface area contributed by atoms with Crippen molar-refractivity contribution in [1.82, 2.24) is 0 Å². The molecule has 1 aliphatic carbocycles. The van der Waals surface area contributed by atoms with Crippen LogP contribution in [0, 0.1) is 0 Å². The van der Waals surface area contributed by atoms with Gasteiger partial charge in [-0.1, -0.05) is 63.3 Å². The summed E-state index contributed by atoms with van der Waals surface area (Å²) in [5.74, 6) is 0. The van der Waals surface area contributed by atoms with E-state index >= 15 is 0 Å². The molecule has 1 nitrogen and oxygen atoms in total. The molecule has 0 unspecified atom stereocenters. The summed E-state index contributed by atoms with van der Waals surface area (Å²) in [5, 5.41) is 0.305. The summed E-state index contributed by atoms with van der Waals surface area (Å²) in [5.41, 5.74) is 1.37. The van der Waals surface area contributed by atoms with Crippen molar-refractivity contribution in [2.75, 3.05) is 6.61 Å². The molecule has 0 radical (unpaired) electrons. The van der Waals surface area contributed by atoms with Gasteiger partial charge in [-0.05, 0) is 36.5 Å². The molecule has 0 fully saturated rings. The van der Waals surface area contributed by atoms with E-state index in [1.165, 1.54) is 5.57 Å². The third-order valence-electron chi connectivity index (χ3n) is 3.94. The molecule has 0 saturated carbocycles. The molecule has 1 rings (SSSR count). The molecule has 0 N–H and O–H groups in total.